The van der Waals surface area contributed by atoms with E-state index >= 15 is 0 Å². The molecular weight excluding hydrogens is 498 g/mol. The van der Waals surface area contributed by atoms with Crippen LogP contribution in [0, 0.1) is 46.3 Å². The van der Waals surface area contributed by atoms with E-state index in [0.717, 1.165) is 11.1 Å². The maximum absolute atomic E-state index is 13.4. The van der Waals surface area contributed by atoms with Crippen LogP contribution in [-0.4, -0.2) is 44.7 Å². The van der Waals surface area contributed by atoms with Crippen molar-refractivity contribution < 1.29 is 23.9 Å². The van der Waals surface area contributed by atoms with Crippen molar-refractivity contribution in [2.24, 2.45) is 46.3 Å². The Balaban J connectivity index is 0.902. The van der Waals surface area contributed by atoms with E-state index in [9.17, 15) is 19.2 Å². The highest BCUT2D eigenvalue weighted by Gasteiger charge is 3.10. The summed E-state index contributed by atoms with van der Waals surface area (Å²) in [4.78, 5) is 54.9. The van der Waals surface area contributed by atoms with Gasteiger partial charge in [-0.2, -0.15) is 5.10 Å². The van der Waals surface area contributed by atoms with Gasteiger partial charge in [0.2, 0.25) is 0 Å². The first-order valence-electron chi connectivity index (χ1n) is 13.7. The average Bonchev–Trinajstić information content (AvgIpc) is 3.58. The maximum atomic E-state index is 13.4. The van der Waals surface area contributed by atoms with Crippen LogP contribution in [0.3, 0.4) is 0 Å². The van der Waals surface area contributed by atoms with Crippen LogP contribution in [0.2, 0.25) is 0 Å². The Morgan fingerprint density at radius 2 is 1.79 bits per heavy atom. The van der Waals surface area contributed by atoms with Crippen LogP contribution >= 0.6 is 0 Å². The second kappa shape index (κ2) is 6.73. The van der Waals surface area contributed by atoms with Gasteiger partial charge in [0.05, 0.1) is 12.6 Å². The molecule has 1 aliphatic heterocycles. The fourth-order valence-electron chi connectivity index (χ4n) is 10.1. The number of amides is 2. The van der Waals surface area contributed by atoms with E-state index in [1.165, 1.54) is 10.6 Å². The Kier molecular flexibility index (Phi) is 3.76. The zero-order chi connectivity index (χ0) is 26.4. The monoisotopic (exact) mass is 523 g/mol. The van der Waals surface area contributed by atoms with Gasteiger partial charge < -0.3 is 15.4 Å². The number of nitrogens with one attached hydrogen (secondary N) is 2. The summed E-state index contributed by atoms with van der Waals surface area (Å²) in [5.41, 5.74) is 2.65. The molecule has 6 fully saturated rings. The summed E-state index contributed by atoms with van der Waals surface area (Å²) < 4.78 is 6.58. The smallest absolute Gasteiger partial charge is 0.315 e. The standard InChI is InChI=1S/C29H25N5O5/c1-2-17(35)29-23-20-24(29)22-25(29)21(23)28(20,22)11-31-27(38)15-9-14(33-18-5-6-32-34(15)18)26(37)30-10-12-3-4-16-13(7-12)8-19(36)39-16/h3-7,9,20-25H,2,8,10-11H2,1H3,(H,30,37)(H,31,38). The molecule has 2 amide bonds. The van der Waals surface area contributed by atoms with Crippen molar-refractivity contribution in [2.45, 2.75) is 26.3 Å². The molecule has 0 saturated heterocycles. The number of carbonyl (C=O) groups is 4. The SMILES string of the molecule is CCC(=O)C12C3C4C1C1C2C3C41CNC(=O)c1cc(C(=O)NCc2ccc3c(c2)CC(=O)O3)nc2ccnn12. The highest BCUT2D eigenvalue weighted by Crippen LogP contribution is 3.10. The summed E-state index contributed by atoms with van der Waals surface area (Å²) in [6, 6.07) is 8.51. The number of aromatic nitrogens is 3. The van der Waals surface area contributed by atoms with Gasteiger partial charge in [-0.3, -0.25) is 19.2 Å². The molecule has 10 rings (SSSR count). The predicted molar refractivity (Wildman–Crippen MR) is 133 cm³/mol. The minimum absolute atomic E-state index is 0.0279. The largest absolute Gasteiger partial charge is 0.426 e. The molecule has 39 heavy (non-hydrogen) atoms. The van der Waals surface area contributed by atoms with Gasteiger partial charge in [-0.25, -0.2) is 9.50 Å². The normalized spacial score (nSPS) is 36.3. The van der Waals surface area contributed by atoms with Crippen LogP contribution in [0.5, 0.6) is 5.75 Å². The molecule has 6 aliphatic carbocycles. The van der Waals surface area contributed by atoms with E-state index < -0.39 is 5.91 Å². The lowest BCUT2D eigenvalue weighted by Gasteiger charge is -3.11. The predicted octanol–water partition coefficient (Wildman–Crippen LogP) is 1.57. The molecule has 0 atom stereocenters. The molecule has 3 heterocycles. The quantitative estimate of drug-likeness (QED) is 0.338. The Hall–Kier alpha value is -4.08. The summed E-state index contributed by atoms with van der Waals surface area (Å²) in [7, 11) is 0. The van der Waals surface area contributed by atoms with E-state index in [0.29, 0.717) is 65.7 Å². The lowest BCUT2D eigenvalue weighted by molar-refractivity contribution is -0.638. The van der Waals surface area contributed by atoms with E-state index in [2.05, 4.69) is 20.7 Å². The van der Waals surface area contributed by atoms with Crippen molar-refractivity contribution in [1.29, 1.82) is 0 Å². The number of esters is 1. The lowest BCUT2D eigenvalue weighted by Crippen LogP contribution is -3.11. The Morgan fingerprint density at radius 1 is 1.03 bits per heavy atom. The van der Waals surface area contributed by atoms with Crippen LogP contribution in [0.4, 0.5) is 0 Å². The number of Topliss-reactive ketones (excluding diaryl/α,β-unsaturated/α-hetero) is 1. The number of benzene rings is 1. The second-order valence-corrected chi connectivity index (χ2v) is 12.1. The van der Waals surface area contributed by atoms with Crippen molar-refractivity contribution in [3.05, 3.63) is 59.0 Å². The highest BCUT2D eigenvalue weighted by molar-refractivity contribution is 5.98. The Labute approximate surface area is 222 Å². The average molecular weight is 524 g/mol. The van der Waals surface area contributed by atoms with Crippen molar-refractivity contribution in [1.82, 2.24) is 25.2 Å². The lowest BCUT2D eigenvalue weighted by atomic mass is 8.92. The Bertz CT molecular complexity index is 1650. The molecule has 196 valence electrons. The zero-order valence-corrected chi connectivity index (χ0v) is 21.1. The Morgan fingerprint density at radius 3 is 2.54 bits per heavy atom. The third kappa shape index (κ3) is 2.18. The number of nitrogens with zero attached hydrogens (tertiary/aromatic N) is 3. The van der Waals surface area contributed by atoms with Crippen molar-refractivity contribution in [2.75, 3.05) is 6.54 Å². The zero-order valence-electron chi connectivity index (χ0n) is 21.1. The molecular formula is C29H25N5O5. The first kappa shape index (κ1) is 21.8. The molecule has 0 radical (unpaired) electrons. The summed E-state index contributed by atoms with van der Waals surface area (Å²) in [5.74, 6) is 3.53. The third-order valence-electron chi connectivity index (χ3n) is 11.2. The molecule has 10 nitrogen and oxygen atoms in total. The van der Waals surface area contributed by atoms with Crippen molar-refractivity contribution >= 4 is 29.2 Å². The molecule has 0 bridgehead atoms. The van der Waals surface area contributed by atoms with Gasteiger partial charge in [0.25, 0.3) is 11.8 Å². The van der Waals surface area contributed by atoms with Gasteiger partial charge in [0, 0.05) is 42.6 Å². The summed E-state index contributed by atoms with van der Waals surface area (Å²) >= 11 is 0. The third-order valence-corrected chi connectivity index (χ3v) is 11.2. The van der Waals surface area contributed by atoms with Gasteiger partial charge in [-0.1, -0.05) is 13.0 Å². The van der Waals surface area contributed by atoms with Crippen LogP contribution in [0.1, 0.15) is 45.4 Å². The molecule has 7 aliphatic rings. The van der Waals surface area contributed by atoms with Gasteiger partial charge in [-0.05, 0) is 58.6 Å². The molecule has 10 heteroatoms. The van der Waals surface area contributed by atoms with Crippen molar-refractivity contribution in [3.8, 4) is 5.75 Å². The number of carbonyl (C=O) groups excluding carboxylic acids is 4. The van der Waals surface area contributed by atoms with Crippen LogP contribution in [0.25, 0.3) is 5.65 Å². The molecule has 0 unspecified atom stereocenters. The van der Waals surface area contributed by atoms with Crippen LogP contribution < -0.4 is 15.4 Å². The summed E-state index contributed by atoms with van der Waals surface area (Å²) in [6.45, 7) is 2.83. The van der Waals surface area contributed by atoms with E-state index in [1.54, 1.807) is 24.4 Å². The van der Waals surface area contributed by atoms with E-state index in [4.69, 9.17) is 4.74 Å². The molecule has 0 spiro atoms. The highest BCUT2D eigenvalue weighted by atomic mass is 16.5. The van der Waals surface area contributed by atoms with E-state index in [1.807, 2.05) is 13.0 Å². The topological polar surface area (TPSA) is 132 Å². The molecule has 6 saturated carbocycles. The first-order valence-corrected chi connectivity index (χ1v) is 13.7. The minimum Gasteiger partial charge on any atom is -0.426 e. The molecule has 1 aromatic carbocycles. The maximum Gasteiger partial charge on any atom is 0.315 e. The fourth-order valence-corrected chi connectivity index (χ4v) is 10.1. The number of rotatable bonds is 8. The summed E-state index contributed by atoms with van der Waals surface area (Å²) in [6.07, 6.45) is 2.41. The number of fused-ring (bicyclic) bond motifs is 2. The second-order valence-electron chi connectivity index (χ2n) is 12.1. The minimum atomic E-state index is -0.410. The van der Waals surface area contributed by atoms with E-state index in [-0.39, 0.29) is 47.1 Å². The van der Waals surface area contributed by atoms with Crippen molar-refractivity contribution in [3.63, 3.8) is 0 Å². The first-order chi connectivity index (χ1) is 18.9. The fraction of sp³-hybridized carbons (Fsp3) is 0.448. The number of hydrogen-bond donors (Lipinski definition) is 2. The van der Waals surface area contributed by atoms with Gasteiger partial charge >= 0.3 is 5.97 Å². The van der Waals surface area contributed by atoms with Gasteiger partial charge in [0.1, 0.15) is 22.9 Å². The van der Waals surface area contributed by atoms with Crippen LogP contribution in [-0.2, 0) is 22.6 Å². The molecule has 2 aromatic heterocycles. The number of hydrogen-bond acceptors (Lipinski definition) is 7. The summed E-state index contributed by atoms with van der Waals surface area (Å²) in [5, 5.41) is 10.2. The van der Waals surface area contributed by atoms with Crippen LogP contribution in [0.15, 0.2) is 36.5 Å². The van der Waals surface area contributed by atoms with Gasteiger partial charge in [-0.15, -0.1) is 0 Å². The number of ketones is 1. The molecule has 3 aromatic rings. The number of ether oxygens (including phenoxy) is 1. The molecule has 2 N–H and O–H groups in total. The van der Waals surface area contributed by atoms with Gasteiger partial charge in [0.15, 0.2) is 5.65 Å².